The summed E-state index contributed by atoms with van der Waals surface area (Å²) >= 11 is 6.31. The molecule has 1 saturated heterocycles. The molecule has 28 heavy (non-hydrogen) atoms. The molecule has 1 aliphatic heterocycles. The highest BCUT2D eigenvalue weighted by Crippen LogP contribution is 2.26. The second-order valence-electron chi connectivity index (χ2n) is 7.46. The molecule has 0 N–H and O–H groups in total. The van der Waals surface area contributed by atoms with Crippen LogP contribution in [-0.4, -0.2) is 33.2 Å². The van der Waals surface area contributed by atoms with Crippen molar-refractivity contribution in [1.29, 1.82) is 5.26 Å². The van der Waals surface area contributed by atoms with Gasteiger partial charge in [-0.2, -0.15) is 10.4 Å². The first-order valence-electron chi connectivity index (χ1n) is 9.94. The van der Waals surface area contributed by atoms with E-state index in [4.69, 9.17) is 16.9 Å². The first-order chi connectivity index (χ1) is 13.5. The normalized spacial score (nSPS) is 16.4. The maximum Gasteiger partial charge on any atom is 0.223 e. The molecule has 1 fully saturated rings. The first-order valence-corrected chi connectivity index (χ1v) is 10.3. The quantitative estimate of drug-likeness (QED) is 0.700. The summed E-state index contributed by atoms with van der Waals surface area (Å²) in [6.45, 7) is 5.43. The Morgan fingerprint density at radius 2 is 2.14 bits per heavy atom. The lowest BCUT2D eigenvalue weighted by atomic mass is 10.0. The molecular weight excluding hydrogens is 372 g/mol. The van der Waals surface area contributed by atoms with Crippen molar-refractivity contribution in [3.05, 3.63) is 51.8 Å². The van der Waals surface area contributed by atoms with E-state index in [2.05, 4.69) is 11.2 Å². The van der Waals surface area contributed by atoms with Crippen molar-refractivity contribution in [3.63, 3.8) is 0 Å². The average molecular weight is 399 g/mol. The number of carbonyl (C=O) groups excluding carboxylic acids is 1. The molecule has 0 bridgehead atoms. The van der Waals surface area contributed by atoms with Gasteiger partial charge in [0.05, 0.1) is 24.7 Å². The number of hydrogen-bond donors (Lipinski definition) is 0. The maximum atomic E-state index is 12.9. The van der Waals surface area contributed by atoms with E-state index in [1.807, 2.05) is 47.7 Å². The molecule has 5 nitrogen and oxygen atoms in total. The van der Waals surface area contributed by atoms with E-state index in [-0.39, 0.29) is 11.9 Å². The Bertz CT molecular complexity index is 883. The Hall–Kier alpha value is -2.32. The van der Waals surface area contributed by atoms with Gasteiger partial charge in [-0.25, -0.2) is 0 Å². The van der Waals surface area contributed by atoms with Gasteiger partial charge in [-0.3, -0.25) is 9.48 Å². The lowest BCUT2D eigenvalue weighted by molar-refractivity contribution is -0.131. The standard InChI is InChI=1S/C22H27ClN4O/c1-16-20(17(2)27(25-16)14-6-12-24)10-11-22(28)26-13-5-8-19(26)15-18-7-3-4-9-21(18)23/h3-4,7,9,19H,5-6,8,10-11,13-15H2,1-2H3. The van der Waals surface area contributed by atoms with Gasteiger partial charge in [0.1, 0.15) is 0 Å². The van der Waals surface area contributed by atoms with Crippen LogP contribution in [0, 0.1) is 25.2 Å². The molecule has 0 radical (unpaired) electrons. The topological polar surface area (TPSA) is 61.9 Å². The third kappa shape index (κ3) is 4.56. The molecule has 1 atom stereocenters. The van der Waals surface area contributed by atoms with Gasteiger partial charge in [0.25, 0.3) is 0 Å². The van der Waals surface area contributed by atoms with Crippen LogP contribution in [0.2, 0.25) is 5.02 Å². The number of halogens is 1. The molecular formula is C22H27ClN4O. The number of hydrogen-bond acceptors (Lipinski definition) is 3. The molecule has 0 spiro atoms. The number of amides is 1. The summed E-state index contributed by atoms with van der Waals surface area (Å²) in [6, 6.07) is 10.3. The number of aryl methyl sites for hydroxylation is 2. The predicted octanol–water partition coefficient (Wildman–Crippen LogP) is 4.23. The number of carbonyl (C=O) groups is 1. The van der Waals surface area contributed by atoms with Crippen LogP contribution in [0.5, 0.6) is 0 Å². The number of nitrogens with zero attached hydrogens (tertiary/aromatic N) is 4. The van der Waals surface area contributed by atoms with E-state index in [1.54, 1.807) is 0 Å². The lowest BCUT2D eigenvalue weighted by Gasteiger charge is -2.25. The van der Waals surface area contributed by atoms with Crippen molar-refractivity contribution in [2.75, 3.05) is 6.54 Å². The van der Waals surface area contributed by atoms with Gasteiger partial charge in [-0.05, 0) is 56.7 Å². The second-order valence-corrected chi connectivity index (χ2v) is 7.87. The minimum atomic E-state index is 0.207. The fraction of sp³-hybridized carbons (Fsp3) is 0.500. The molecule has 2 heterocycles. The summed E-state index contributed by atoms with van der Waals surface area (Å²) < 4.78 is 1.88. The van der Waals surface area contributed by atoms with Crippen LogP contribution in [0.4, 0.5) is 0 Å². The molecule has 0 saturated carbocycles. The molecule has 1 amide bonds. The fourth-order valence-corrected chi connectivity index (χ4v) is 4.35. The Morgan fingerprint density at radius 1 is 1.36 bits per heavy atom. The Balaban J connectivity index is 1.62. The number of aromatic nitrogens is 2. The van der Waals surface area contributed by atoms with Crippen LogP contribution >= 0.6 is 11.6 Å². The average Bonchev–Trinajstić information content (AvgIpc) is 3.24. The van der Waals surface area contributed by atoms with Crippen molar-refractivity contribution in [3.8, 4) is 6.07 Å². The molecule has 1 aliphatic rings. The van der Waals surface area contributed by atoms with E-state index in [0.29, 0.717) is 25.8 Å². The highest BCUT2D eigenvalue weighted by molar-refractivity contribution is 6.31. The summed E-state index contributed by atoms with van der Waals surface area (Å²) in [6.07, 6.45) is 4.52. The van der Waals surface area contributed by atoms with Crippen LogP contribution < -0.4 is 0 Å². The second kappa shape index (κ2) is 9.25. The summed E-state index contributed by atoms with van der Waals surface area (Å²) in [5.74, 6) is 0.207. The zero-order valence-electron chi connectivity index (χ0n) is 16.6. The minimum absolute atomic E-state index is 0.207. The van der Waals surface area contributed by atoms with Gasteiger partial charge in [0, 0.05) is 29.7 Å². The molecule has 2 aromatic rings. The van der Waals surface area contributed by atoms with E-state index in [1.165, 1.54) is 0 Å². The highest BCUT2D eigenvalue weighted by atomic mass is 35.5. The zero-order chi connectivity index (χ0) is 20.1. The third-order valence-corrected chi connectivity index (χ3v) is 6.04. The van der Waals surface area contributed by atoms with Gasteiger partial charge in [0.15, 0.2) is 0 Å². The van der Waals surface area contributed by atoms with E-state index in [0.717, 1.165) is 53.3 Å². The number of benzene rings is 1. The van der Waals surface area contributed by atoms with Gasteiger partial charge < -0.3 is 4.90 Å². The van der Waals surface area contributed by atoms with E-state index < -0.39 is 0 Å². The Kier molecular flexibility index (Phi) is 6.74. The fourth-order valence-electron chi connectivity index (χ4n) is 4.14. The zero-order valence-corrected chi connectivity index (χ0v) is 17.4. The largest absolute Gasteiger partial charge is 0.339 e. The molecule has 3 rings (SSSR count). The van der Waals surface area contributed by atoms with E-state index in [9.17, 15) is 4.79 Å². The Morgan fingerprint density at radius 3 is 2.89 bits per heavy atom. The summed E-state index contributed by atoms with van der Waals surface area (Å²) in [5, 5.41) is 14.1. The van der Waals surface area contributed by atoms with Crippen molar-refractivity contribution in [2.45, 2.75) is 65.0 Å². The molecule has 1 unspecified atom stereocenters. The van der Waals surface area contributed by atoms with Crippen LogP contribution in [0.15, 0.2) is 24.3 Å². The Labute approximate surface area is 171 Å². The number of likely N-dealkylation sites (tertiary alicyclic amines) is 1. The van der Waals surface area contributed by atoms with Crippen molar-refractivity contribution >= 4 is 17.5 Å². The predicted molar refractivity (Wildman–Crippen MR) is 110 cm³/mol. The van der Waals surface area contributed by atoms with Crippen LogP contribution in [0.3, 0.4) is 0 Å². The molecule has 1 aromatic carbocycles. The number of rotatable bonds is 7. The summed E-state index contributed by atoms with van der Waals surface area (Å²) in [4.78, 5) is 15.0. The van der Waals surface area contributed by atoms with Gasteiger partial charge in [-0.1, -0.05) is 29.8 Å². The van der Waals surface area contributed by atoms with Crippen molar-refractivity contribution < 1.29 is 4.79 Å². The molecule has 0 aliphatic carbocycles. The van der Waals surface area contributed by atoms with E-state index >= 15 is 0 Å². The minimum Gasteiger partial charge on any atom is -0.339 e. The molecule has 148 valence electrons. The maximum absolute atomic E-state index is 12.9. The van der Waals surface area contributed by atoms with Crippen molar-refractivity contribution in [2.24, 2.45) is 0 Å². The molecule has 6 heteroatoms. The highest BCUT2D eigenvalue weighted by Gasteiger charge is 2.29. The van der Waals surface area contributed by atoms with Crippen LogP contribution in [0.25, 0.3) is 0 Å². The van der Waals surface area contributed by atoms with Crippen LogP contribution in [-0.2, 0) is 24.2 Å². The van der Waals surface area contributed by atoms with Crippen LogP contribution in [0.1, 0.15) is 48.2 Å². The van der Waals surface area contributed by atoms with Gasteiger partial charge >= 0.3 is 0 Å². The first kappa shape index (κ1) is 20.4. The summed E-state index contributed by atoms with van der Waals surface area (Å²) in [7, 11) is 0. The monoisotopic (exact) mass is 398 g/mol. The smallest absolute Gasteiger partial charge is 0.223 e. The number of nitriles is 1. The van der Waals surface area contributed by atoms with Gasteiger partial charge in [-0.15, -0.1) is 0 Å². The summed E-state index contributed by atoms with van der Waals surface area (Å²) in [5.41, 5.74) is 4.26. The lowest BCUT2D eigenvalue weighted by Crippen LogP contribution is -2.37. The molecule has 1 aromatic heterocycles. The van der Waals surface area contributed by atoms with Gasteiger partial charge in [0.2, 0.25) is 5.91 Å². The SMILES string of the molecule is Cc1nn(CCC#N)c(C)c1CCC(=O)N1CCCC1Cc1ccccc1Cl. The third-order valence-electron chi connectivity index (χ3n) is 5.67. The van der Waals surface area contributed by atoms with Crippen molar-refractivity contribution in [1.82, 2.24) is 14.7 Å².